The third-order valence-corrected chi connectivity index (χ3v) is 4.94. The van der Waals surface area contributed by atoms with Gasteiger partial charge in [-0.15, -0.1) is 6.58 Å². The molecule has 0 saturated carbocycles. The predicted octanol–water partition coefficient (Wildman–Crippen LogP) is -2.48. The molecule has 3 rings (SSSR count). The minimum atomic E-state index is -1.63. The van der Waals surface area contributed by atoms with Crippen LogP contribution in [0.25, 0.3) is 0 Å². The van der Waals surface area contributed by atoms with Crippen molar-refractivity contribution in [3.05, 3.63) is 24.5 Å². The number of aliphatic hydroxyl groups is 5. The molecule has 0 radical (unpaired) electrons. The summed E-state index contributed by atoms with van der Waals surface area (Å²) < 4.78 is 21.1. The second-order valence-electron chi connectivity index (χ2n) is 6.44. The highest BCUT2D eigenvalue weighted by Gasteiger charge is 2.54. The Hall–Kier alpha value is -1.53. The van der Waals surface area contributed by atoms with Crippen LogP contribution in [0.2, 0.25) is 0 Å². The largest absolute Gasteiger partial charge is 0.471 e. The average Bonchev–Trinajstić information content (AvgIpc) is 2.61. The average molecular weight is 374 g/mol. The fraction of sp³-hybridized carbons (Fsp3) is 0.688. The first-order chi connectivity index (χ1) is 12.3. The van der Waals surface area contributed by atoms with E-state index >= 15 is 0 Å². The molecule has 0 aromatic carbocycles. The Morgan fingerprint density at radius 2 is 2.00 bits per heavy atom. The minimum Gasteiger partial charge on any atom is -0.471 e. The number of rotatable bonds is 4. The zero-order valence-corrected chi connectivity index (χ0v) is 13.8. The number of fused-ring (bicyclic) bond motifs is 1. The van der Waals surface area contributed by atoms with E-state index in [9.17, 15) is 30.3 Å². The quantitative estimate of drug-likeness (QED) is 0.264. The van der Waals surface area contributed by atoms with Crippen molar-refractivity contribution in [3.8, 4) is 0 Å². The van der Waals surface area contributed by atoms with Crippen molar-refractivity contribution in [1.82, 2.24) is 0 Å². The van der Waals surface area contributed by atoms with Gasteiger partial charge in [0.25, 0.3) is 0 Å². The van der Waals surface area contributed by atoms with Gasteiger partial charge in [0, 0.05) is 6.42 Å². The Bertz CT molecular complexity index is 590. The molecule has 3 unspecified atom stereocenters. The highest BCUT2D eigenvalue weighted by molar-refractivity contribution is 5.91. The summed E-state index contributed by atoms with van der Waals surface area (Å²) in [5.74, 6) is -1.61. The van der Waals surface area contributed by atoms with Crippen LogP contribution in [0.3, 0.4) is 0 Å². The van der Waals surface area contributed by atoms with Gasteiger partial charge in [-0.05, 0) is 0 Å². The number of esters is 1. The van der Waals surface area contributed by atoms with Gasteiger partial charge in [-0.25, -0.2) is 4.79 Å². The summed E-state index contributed by atoms with van der Waals surface area (Å²) in [5.41, 5.74) is -1.70. The Balaban J connectivity index is 1.81. The van der Waals surface area contributed by atoms with Gasteiger partial charge in [0.05, 0.1) is 25.4 Å². The summed E-state index contributed by atoms with van der Waals surface area (Å²) in [6.45, 7) is 3.03. The van der Waals surface area contributed by atoms with Crippen LogP contribution in [-0.4, -0.2) is 87.3 Å². The van der Waals surface area contributed by atoms with Gasteiger partial charge in [0.1, 0.15) is 35.6 Å². The van der Waals surface area contributed by atoms with Crippen LogP contribution < -0.4 is 0 Å². The Labute approximate surface area is 148 Å². The molecule has 0 aromatic rings. The summed E-state index contributed by atoms with van der Waals surface area (Å²) in [5, 5.41) is 49.9. The molecule has 3 aliphatic heterocycles. The summed E-state index contributed by atoms with van der Waals surface area (Å²) in [6.07, 6.45) is -6.10. The van der Waals surface area contributed by atoms with E-state index in [0.29, 0.717) is 0 Å². The molecule has 0 spiro atoms. The highest BCUT2D eigenvalue weighted by atomic mass is 16.8. The van der Waals surface area contributed by atoms with Crippen molar-refractivity contribution in [3.63, 3.8) is 0 Å². The molecule has 3 aliphatic rings. The first-order valence-corrected chi connectivity index (χ1v) is 8.17. The number of ether oxygens (including phenoxy) is 4. The van der Waals surface area contributed by atoms with Gasteiger partial charge < -0.3 is 44.5 Å². The number of cyclic esters (lactones) is 1. The normalized spacial score (nSPS) is 45.8. The molecule has 10 heteroatoms. The summed E-state index contributed by atoms with van der Waals surface area (Å²) >= 11 is 0. The van der Waals surface area contributed by atoms with Crippen LogP contribution in [-0.2, 0) is 23.7 Å². The summed E-state index contributed by atoms with van der Waals surface area (Å²) in [7, 11) is 0. The van der Waals surface area contributed by atoms with E-state index in [-0.39, 0.29) is 18.6 Å². The third kappa shape index (κ3) is 3.03. The first-order valence-electron chi connectivity index (χ1n) is 8.17. The van der Waals surface area contributed by atoms with Crippen molar-refractivity contribution in [1.29, 1.82) is 0 Å². The van der Waals surface area contributed by atoms with Crippen molar-refractivity contribution in [2.75, 3.05) is 13.2 Å². The molecule has 5 N–H and O–H groups in total. The van der Waals surface area contributed by atoms with E-state index in [2.05, 4.69) is 6.58 Å². The molecule has 0 aliphatic carbocycles. The number of hydrogen-bond donors (Lipinski definition) is 5. The topological polar surface area (TPSA) is 155 Å². The SMILES string of the molecule is C=C[C@@H]1C(O[C@@H]2OC(CO)[C@@H](O)[C@@H](O)C2O)OC=C2C(=O)OCC[C@@]21O. The molecule has 3 heterocycles. The number of carbonyl (C=O) groups excluding carboxylic acids is 1. The smallest absolute Gasteiger partial charge is 0.340 e. The molecule has 2 fully saturated rings. The van der Waals surface area contributed by atoms with Crippen LogP contribution in [0, 0.1) is 5.92 Å². The molecular formula is C16H22O10. The van der Waals surface area contributed by atoms with Crippen LogP contribution in [0.5, 0.6) is 0 Å². The highest BCUT2D eigenvalue weighted by Crippen LogP contribution is 2.42. The fourth-order valence-corrected chi connectivity index (χ4v) is 3.36. The molecule has 146 valence electrons. The van der Waals surface area contributed by atoms with Gasteiger partial charge in [0.2, 0.25) is 6.29 Å². The lowest BCUT2D eigenvalue weighted by atomic mass is 9.76. The summed E-state index contributed by atoms with van der Waals surface area (Å²) in [4.78, 5) is 11.8. The molecule has 10 nitrogen and oxygen atoms in total. The lowest BCUT2D eigenvalue weighted by molar-refractivity contribution is -0.344. The van der Waals surface area contributed by atoms with Crippen molar-refractivity contribution in [2.45, 2.75) is 49.0 Å². The van der Waals surface area contributed by atoms with E-state index in [0.717, 1.165) is 6.26 Å². The molecule has 0 bridgehead atoms. The van der Waals surface area contributed by atoms with Gasteiger partial charge in [-0.3, -0.25) is 0 Å². The standard InChI is InChI=1S/C16H22O10/c1-2-7-14(24-6-8-13(21)23-4-3-16(7,8)22)26-15-12(20)11(19)10(18)9(5-17)25-15/h2,6-7,9-12,14-15,17-20,22H,1,3-5H2/t7-,9?,10-,11-,12?,14?,15+,16+/m1/s1. The van der Waals surface area contributed by atoms with Gasteiger partial charge >= 0.3 is 5.97 Å². The van der Waals surface area contributed by atoms with Gasteiger partial charge in [-0.1, -0.05) is 6.08 Å². The minimum absolute atomic E-state index is 0.00375. The molecule has 0 aromatic heterocycles. The Kier molecular flexibility index (Phi) is 5.35. The second kappa shape index (κ2) is 7.24. The lowest BCUT2D eigenvalue weighted by Gasteiger charge is -2.46. The third-order valence-electron chi connectivity index (χ3n) is 4.94. The Morgan fingerprint density at radius 1 is 1.27 bits per heavy atom. The fourth-order valence-electron chi connectivity index (χ4n) is 3.36. The molecule has 0 amide bonds. The summed E-state index contributed by atoms with van der Waals surface area (Å²) in [6, 6.07) is 0. The second-order valence-corrected chi connectivity index (χ2v) is 6.44. The van der Waals surface area contributed by atoms with E-state index in [1.165, 1.54) is 6.08 Å². The Morgan fingerprint density at radius 3 is 2.65 bits per heavy atom. The molecule has 26 heavy (non-hydrogen) atoms. The van der Waals surface area contributed by atoms with Crippen LogP contribution in [0.4, 0.5) is 0 Å². The van der Waals surface area contributed by atoms with E-state index in [4.69, 9.17) is 18.9 Å². The molecule has 8 atom stereocenters. The van der Waals surface area contributed by atoms with Crippen LogP contribution in [0.1, 0.15) is 6.42 Å². The number of carbonyl (C=O) groups is 1. The lowest BCUT2D eigenvalue weighted by Crippen LogP contribution is -2.61. The van der Waals surface area contributed by atoms with Crippen molar-refractivity contribution < 1.29 is 49.3 Å². The molecule has 2 saturated heterocycles. The van der Waals surface area contributed by atoms with E-state index in [1.807, 2.05) is 0 Å². The van der Waals surface area contributed by atoms with Gasteiger partial charge in [-0.2, -0.15) is 0 Å². The number of aliphatic hydroxyl groups excluding tert-OH is 4. The monoisotopic (exact) mass is 374 g/mol. The maximum Gasteiger partial charge on any atom is 0.340 e. The maximum absolute atomic E-state index is 11.8. The van der Waals surface area contributed by atoms with Gasteiger partial charge in [0.15, 0.2) is 6.29 Å². The zero-order valence-electron chi connectivity index (χ0n) is 13.8. The number of hydrogen-bond acceptors (Lipinski definition) is 10. The van der Waals surface area contributed by atoms with Crippen molar-refractivity contribution in [2.24, 2.45) is 5.92 Å². The van der Waals surface area contributed by atoms with E-state index in [1.54, 1.807) is 0 Å². The maximum atomic E-state index is 11.8. The van der Waals surface area contributed by atoms with Crippen LogP contribution in [0.15, 0.2) is 24.5 Å². The predicted molar refractivity (Wildman–Crippen MR) is 82.0 cm³/mol. The molecular weight excluding hydrogens is 352 g/mol. The van der Waals surface area contributed by atoms with Crippen molar-refractivity contribution >= 4 is 5.97 Å². The van der Waals surface area contributed by atoms with E-state index < -0.39 is 61.1 Å². The van der Waals surface area contributed by atoms with Crippen LogP contribution >= 0.6 is 0 Å². The zero-order chi connectivity index (χ0) is 19.1. The first kappa shape index (κ1) is 19.2.